The summed E-state index contributed by atoms with van der Waals surface area (Å²) in [4.78, 5) is 46.4. The van der Waals surface area contributed by atoms with Crippen LogP contribution in [0, 0.1) is 6.92 Å². The van der Waals surface area contributed by atoms with Crippen LogP contribution in [0.3, 0.4) is 0 Å². The molecule has 0 spiro atoms. The monoisotopic (exact) mass is 432 g/mol. The SMILES string of the molecule is Cc1noc2nc(-c3ccco3)cc(C(=O)Nc3cnc4c(c3)c(=O)n(C)c(=O)n4C)c12. The summed E-state index contributed by atoms with van der Waals surface area (Å²) in [5.74, 6) is -0.00825. The van der Waals surface area contributed by atoms with Crippen LogP contribution in [0.1, 0.15) is 16.1 Å². The van der Waals surface area contributed by atoms with Gasteiger partial charge in [0.2, 0.25) is 0 Å². The molecule has 0 saturated heterocycles. The van der Waals surface area contributed by atoms with Crippen molar-refractivity contribution >= 4 is 33.7 Å². The van der Waals surface area contributed by atoms with Crippen LogP contribution in [0.15, 0.2) is 55.3 Å². The van der Waals surface area contributed by atoms with Gasteiger partial charge in [-0.2, -0.15) is 0 Å². The molecular weight excluding hydrogens is 416 g/mol. The Hall–Kier alpha value is -4.54. The third kappa shape index (κ3) is 2.90. The second kappa shape index (κ2) is 7.01. The van der Waals surface area contributed by atoms with Crippen LogP contribution in [-0.2, 0) is 14.1 Å². The van der Waals surface area contributed by atoms with Crippen molar-refractivity contribution in [2.24, 2.45) is 14.1 Å². The van der Waals surface area contributed by atoms with Crippen molar-refractivity contribution in [1.82, 2.24) is 24.3 Å². The molecule has 0 aliphatic carbocycles. The number of hydrogen-bond acceptors (Lipinski definition) is 8. The molecule has 0 fully saturated rings. The average Bonchev–Trinajstić information content (AvgIpc) is 3.46. The molecule has 32 heavy (non-hydrogen) atoms. The molecule has 160 valence electrons. The van der Waals surface area contributed by atoms with Gasteiger partial charge in [-0.3, -0.25) is 18.7 Å². The number of fused-ring (bicyclic) bond motifs is 2. The number of pyridine rings is 2. The number of rotatable bonds is 3. The quantitative estimate of drug-likeness (QED) is 0.457. The van der Waals surface area contributed by atoms with E-state index in [9.17, 15) is 14.4 Å². The lowest BCUT2D eigenvalue weighted by Gasteiger charge is -2.10. The van der Waals surface area contributed by atoms with E-state index in [2.05, 4.69) is 20.4 Å². The van der Waals surface area contributed by atoms with Crippen molar-refractivity contribution in [3.63, 3.8) is 0 Å². The topological polar surface area (TPSA) is 138 Å². The van der Waals surface area contributed by atoms with E-state index in [0.29, 0.717) is 22.5 Å². The van der Waals surface area contributed by atoms with Crippen molar-refractivity contribution in [3.05, 3.63) is 68.8 Å². The number of hydrogen-bond donors (Lipinski definition) is 1. The van der Waals surface area contributed by atoms with Crippen molar-refractivity contribution < 1.29 is 13.7 Å². The summed E-state index contributed by atoms with van der Waals surface area (Å²) in [6.45, 7) is 1.71. The first-order valence-electron chi connectivity index (χ1n) is 9.53. The molecule has 0 aliphatic heterocycles. The Bertz CT molecular complexity index is 1640. The fraction of sp³-hybridized carbons (Fsp3) is 0.143. The first-order chi connectivity index (χ1) is 15.3. The lowest BCUT2D eigenvalue weighted by Crippen LogP contribution is -2.37. The second-order valence-electron chi connectivity index (χ2n) is 7.24. The molecular formula is C21H16N6O5. The maximum Gasteiger partial charge on any atom is 0.332 e. The number of aromatic nitrogens is 5. The third-order valence-electron chi connectivity index (χ3n) is 5.19. The fourth-order valence-electron chi connectivity index (χ4n) is 3.56. The highest BCUT2D eigenvalue weighted by atomic mass is 16.5. The highest BCUT2D eigenvalue weighted by Crippen LogP contribution is 2.28. The van der Waals surface area contributed by atoms with E-state index in [1.807, 2.05) is 0 Å². The maximum atomic E-state index is 13.2. The summed E-state index contributed by atoms with van der Waals surface area (Å²) in [5.41, 5.74) is 0.894. The van der Waals surface area contributed by atoms with Gasteiger partial charge in [-0.1, -0.05) is 5.16 Å². The number of aryl methyl sites for hydroxylation is 2. The standard InChI is InChI=1S/C21H16N6O5/c1-10-16-12(8-14(15-5-4-6-31-15)24-19(16)32-25-10)18(28)23-11-7-13-17(22-9-11)26(2)21(30)27(3)20(13)29/h4-9H,1-3H3,(H,23,28). The number of amides is 1. The number of nitrogens with one attached hydrogen (secondary N) is 1. The molecule has 0 radical (unpaired) electrons. The highest BCUT2D eigenvalue weighted by molar-refractivity contribution is 6.13. The Morgan fingerprint density at radius 3 is 2.72 bits per heavy atom. The summed E-state index contributed by atoms with van der Waals surface area (Å²) < 4.78 is 12.9. The van der Waals surface area contributed by atoms with Crippen molar-refractivity contribution in [2.45, 2.75) is 6.92 Å². The van der Waals surface area contributed by atoms with Crippen LogP contribution in [0.5, 0.6) is 0 Å². The third-order valence-corrected chi connectivity index (χ3v) is 5.19. The Labute approximate surface area is 178 Å². The first-order valence-corrected chi connectivity index (χ1v) is 9.53. The van der Waals surface area contributed by atoms with Crippen molar-refractivity contribution in [2.75, 3.05) is 5.32 Å². The molecule has 11 heteroatoms. The molecule has 5 rings (SSSR count). The van der Waals surface area contributed by atoms with Gasteiger partial charge in [-0.05, 0) is 31.2 Å². The number of anilines is 1. The van der Waals surface area contributed by atoms with Gasteiger partial charge in [0.05, 0.1) is 40.2 Å². The van der Waals surface area contributed by atoms with E-state index in [1.165, 1.54) is 37.2 Å². The zero-order valence-electron chi connectivity index (χ0n) is 17.2. The number of carbonyl (C=O) groups is 1. The largest absolute Gasteiger partial charge is 0.463 e. The summed E-state index contributed by atoms with van der Waals surface area (Å²) >= 11 is 0. The smallest absolute Gasteiger partial charge is 0.332 e. The van der Waals surface area contributed by atoms with Gasteiger partial charge in [-0.15, -0.1) is 0 Å². The molecule has 5 aromatic rings. The molecule has 0 atom stereocenters. The summed E-state index contributed by atoms with van der Waals surface area (Å²) in [6, 6.07) is 6.49. The predicted molar refractivity (Wildman–Crippen MR) is 114 cm³/mol. The van der Waals surface area contributed by atoms with Crippen LogP contribution in [0.4, 0.5) is 5.69 Å². The van der Waals surface area contributed by atoms with Gasteiger partial charge < -0.3 is 14.3 Å². The van der Waals surface area contributed by atoms with Crippen molar-refractivity contribution in [3.8, 4) is 11.5 Å². The zero-order chi connectivity index (χ0) is 22.6. The van der Waals surface area contributed by atoms with Gasteiger partial charge in [0, 0.05) is 14.1 Å². The van der Waals surface area contributed by atoms with Gasteiger partial charge in [0.25, 0.3) is 17.2 Å². The van der Waals surface area contributed by atoms with E-state index < -0.39 is 17.2 Å². The van der Waals surface area contributed by atoms with Crippen molar-refractivity contribution in [1.29, 1.82) is 0 Å². The van der Waals surface area contributed by atoms with E-state index in [0.717, 1.165) is 4.57 Å². The molecule has 0 aromatic carbocycles. The highest BCUT2D eigenvalue weighted by Gasteiger charge is 2.21. The maximum absolute atomic E-state index is 13.2. The van der Waals surface area contributed by atoms with E-state index in [-0.39, 0.29) is 28.0 Å². The lowest BCUT2D eigenvalue weighted by molar-refractivity contribution is 0.102. The minimum absolute atomic E-state index is 0.196. The molecule has 1 N–H and O–H groups in total. The Morgan fingerprint density at radius 2 is 1.97 bits per heavy atom. The minimum atomic E-state index is -0.506. The van der Waals surface area contributed by atoms with Gasteiger partial charge in [-0.25, -0.2) is 14.8 Å². The van der Waals surface area contributed by atoms with Crippen LogP contribution in [-0.4, -0.2) is 30.2 Å². The number of furan rings is 1. The molecule has 0 bridgehead atoms. The lowest BCUT2D eigenvalue weighted by atomic mass is 10.1. The van der Waals surface area contributed by atoms with Crippen LogP contribution in [0.25, 0.3) is 33.6 Å². The van der Waals surface area contributed by atoms with Gasteiger partial charge in [0.15, 0.2) is 5.76 Å². The molecule has 1 amide bonds. The summed E-state index contributed by atoms with van der Waals surface area (Å²) in [5, 5.41) is 7.32. The fourth-order valence-corrected chi connectivity index (χ4v) is 3.56. The van der Waals surface area contributed by atoms with Crippen LogP contribution in [0.2, 0.25) is 0 Å². The Kier molecular flexibility index (Phi) is 4.26. The number of nitrogens with zero attached hydrogens (tertiary/aromatic N) is 5. The molecule has 0 saturated carbocycles. The normalized spacial score (nSPS) is 11.3. The van der Waals surface area contributed by atoms with E-state index in [4.69, 9.17) is 8.94 Å². The Balaban J connectivity index is 1.61. The molecule has 0 aliphatic rings. The van der Waals surface area contributed by atoms with E-state index >= 15 is 0 Å². The summed E-state index contributed by atoms with van der Waals surface area (Å²) in [6.07, 6.45) is 2.88. The predicted octanol–water partition coefficient (Wildman–Crippen LogP) is 1.99. The van der Waals surface area contributed by atoms with E-state index in [1.54, 1.807) is 25.1 Å². The second-order valence-corrected chi connectivity index (χ2v) is 7.24. The van der Waals surface area contributed by atoms with Crippen LogP contribution >= 0.6 is 0 Å². The molecule has 0 unspecified atom stereocenters. The molecule has 5 aromatic heterocycles. The van der Waals surface area contributed by atoms with Crippen LogP contribution < -0.4 is 16.6 Å². The number of carbonyl (C=O) groups excluding carboxylic acids is 1. The molecule has 11 nitrogen and oxygen atoms in total. The summed E-state index contributed by atoms with van der Waals surface area (Å²) in [7, 11) is 2.90. The zero-order valence-corrected chi connectivity index (χ0v) is 17.2. The molecule has 5 heterocycles. The average molecular weight is 432 g/mol. The first kappa shape index (κ1) is 19.4. The van der Waals surface area contributed by atoms with Gasteiger partial charge in [0.1, 0.15) is 11.3 Å². The Morgan fingerprint density at radius 1 is 1.16 bits per heavy atom. The van der Waals surface area contributed by atoms with Gasteiger partial charge >= 0.3 is 5.69 Å². The minimum Gasteiger partial charge on any atom is -0.463 e.